The number of nitrogens with zero attached hydrogens (tertiary/aromatic N) is 1. The van der Waals surface area contributed by atoms with Gasteiger partial charge in [-0.25, -0.2) is 8.42 Å². The molecule has 10 nitrogen and oxygen atoms in total. The molecule has 1 aliphatic heterocycles. The lowest BCUT2D eigenvalue weighted by Gasteiger charge is -2.35. The predicted molar refractivity (Wildman–Crippen MR) is 115 cm³/mol. The molecule has 172 valence electrons. The molecule has 0 aliphatic carbocycles. The maximum atomic E-state index is 12.6. The highest BCUT2D eigenvalue weighted by molar-refractivity contribution is 7.89. The van der Waals surface area contributed by atoms with Crippen molar-refractivity contribution in [3.8, 4) is 0 Å². The maximum absolute atomic E-state index is 12.6. The van der Waals surface area contributed by atoms with Crippen LogP contribution >= 0.6 is 0 Å². The highest BCUT2D eigenvalue weighted by atomic mass is 32.2. The van der Waals surface area contributed by atoms with E-state index in [2.05, 4.69) is 20.5 Å². The van der Waals surface area contributed by atoms with Gasteiger partial charge in [0.1, 0.15) is 10.6 Å². The first kappa shape index (κ1) is 23.6. The fraction of sp³-hybridized carbons (Fsp3) is 0.429. The molecule has 0 saturated carbocycles. The zero-order valence-corrected chi connectivity index (χ0v) is 19.1. The summed E-state index contributed by atoms with van der Waals surface area (Å²) in [5, 5.41) is 8.69. The average molecular weight is 463 g/mol. The summed E-state index contributed by atoms with van der Waals surface area (Å²) in [6.45, 7) is 6.29. The Bertz CT molecular complexity index is 1140. The van der Waals surface area contributed by atoms with E-state index in [0.29, 0.717) is 18.5 Å². The van der Waals surface area contributed by atoms with E-state index in [1.54, 1.807) is 24.3 Å². The third-order valence-corrected chi connectivity index (χ3v) is 7.52. The van der Waals surface area contributed by atoms with E-state index in [9.17, 15) is 22.8 Å². The number of amides is 3. The Balaban J connectivity index is 1.70. The van der Waals surface area contributed by atoms with Crippen LogP contribution < -0.4 is 15.4 Å². The van der Waals surface area contributed by atoms with Crippen LogP contribution in [0.15, 0.2) is 33.7 Å². The summed E-state index contributed by atoms with van der Waals surface area (Å²) in [6.07, 6.45) is 1.21. The topological polar surface area (TPSA) is 147 Å². The third kappa shape index (κ3) is 4.44. The van der Waals surface area contributed by atoms with E-state index in [1.165, 1.54) is 20.8 Å². The summed E-state index contributed by atoms with van der Waals surface area (Å²) in [5.41, 5.74) is 0.598. The summed E-state index contributed by atoms with van der Waals surface area (Å²) >= 11 is 0. The number of carbonyl (C=O) groups excluding carboxylic acids is 3. The van der Waals surface area contributed by atoms with Crippen molar-refractivity contribution in [1.29, 1.82) is 0 Å². The van der Waals surface area contributed by atoms with Crippen LogP contribution in [0.3, 0.4) is 0 Å². The van der Waals surface area contributed by atoms with Gasteiger partial charge in [0, 0.05) is 12.1 Å². The first-order valence-corrected chi connectivity index (χ1v) is 11.7. The number of sulfonamides is 1. The molecule has 2 aromatic rings. The minimum atomic E-state index is -4.00. The van der Waals surface area contributed by atoms with Crippen LogP contribution in [0.1, 0.15) is 50.1 Å². The largest absolute Gasteiger partial charge is 0.360 e. The lowest BCUT2D eigenvalue weighted by atomic mass is 9.72. The fourth-order valence-electron chi connectivity index (χ4n) is 3.89. The van der Waals surface area contributed by atoms with E-state index in [0.717, 1.165) is 5.56 Å². The minimum Gasteiger partial charge on any atom is -0.360 e. The SMILES string of the molecule is CCC1(c2ccc(NC(=O)[C@H](C)NS(=O)(=O)c3c(C)noc3C)cc2)CCC(=O)NC1=O. The highest BCUT2D eigenvalue weighted by Crippen LogP contribution is 2.36. The number of hydrogen-bond acceptors (Lipinski definition) is 7. The number of rotatable bonds is 7. The molecule has 3 rings (SSSR count). The Hall–Kier alpha value is -3.05. The van der Waals surface area contributed by atoms with Gasteiger partial charge in [-0.3, -0.25) is 19.7 Å². The highest BCUT2D eigenvalue weighted by Gasteiger charge is 2.42. The van der Waals surface area contributed by atoms with E-state index >= 15 is 0 Å². The average Bonchev–Trinajstić information content (AvgIpc) is 3.08. The van der Waals surface area contributed by atoms with Gasteiger partial charge in [0.25, 0.3) is 0 Å². The van der Waals surface area contributed by atoms with Crippen molar-refractivity contribution in [2.45, 2.75) is 63.3 Å². The summed E-state index contributed by atoms with van der Waals surface area (Å²) in [4.78, 5) is 36.5. The van der Waals surface area contributed by atoms with Gasteiger partial charge in [0.2, 0.25) is 27.7 Å². The molecule has 0 spiro atoms. The van der Waals surface area contributed by atoms with Crippen LogP contribution in [0, 0.1) is 13.8 Å². The number of aryl methyl sites for hydroxylation is 2. The lowest BCUT2D eigenvalue weighted by molar-refractivity contribution is -0.138. The second kappa shape index (κ2) is 8.83. The molecule has 1 fully saturated rings. The summed E-state index contributed by atoms with van der Waals surface area (Å²) in [6, 6.07) is 5.68. The van der Waals surface area contributed by atoms with Crippen LogP contribution in [0.25, 0.3) is 0 Å². The normalized spacial score (nSPS) is 20.0. The zero-order valence-electron chi connectivity index (χ0n) is 18.3. The predicted octanol–water partition coefficient (Wildman–Crippen LogP) is 1.68. The van der Waals surface area contributed by atoms with Gasteiger partial charge in [-0.1, -0.05) is 24.2 Å². The molecule has 1 aromatic heterocycles. The Kier molecular flexibility index (Phi) is 6.51. The smallest absolute Gasteiger partial charge is 0.246 e. The van der Waals surface area contributed by atoms with Crippen LogP contribution in [-0.2, 0) is 29.8 Å². The molecule has 1 aliphatic rings. The standard InChI is InChI=1S/C21H26N4O6S/c1-5-21(11-10-17(26)23-20(21)28)15-6-8-16(9-7-15)22-19(27)13(3)25-32(29,30)18-12(2)24-31-14(18)4/h6-9,13,25H,5,10-11H2,1-4H3,(H,22,27)(H,23,26,28)/t13-,21?/m0/s1. The molecule has 3 amide bonds. The molecule has 1 unspecified atom stereocenters. The van der Waals surface area contributed by atoms with Gasteiger partial charge in [0.05, 0.1) is 11.5 Å². The number of benzene rings is 1. The number of anilines is 1. The molecule has 32 heavy (non-hydrogen) atoms. The van der Waals surface area contributed by atoms with E-state index in [4.69, 9.17) is 4.52 Å². The number of imide groups is 1. The Morgan fingerprint density at radius 1 is 1.25 bits per heavy atom. The number of hydrogen-bond donors (Lipinski definition) is 3. The Morgan fingerprint density at radius 3 is 2.44 bits per heavy atom. The van der Waals surface area contributed by atoms with Crippen LogP contribution in [0.4, 0.5) is 5.69 Å². The van der Waals surface area contributed by atoms with Crippen molar-refractivity contribution in [1.82, 2.24) is 15.2 Å². The van der Waals surface area contributed by atoms with Crippen LogP contribution in [-0.4, -0.2) is 37.3 Å². The third-order valence-electron chi connectivity index (χ3n) is 5.74. The first-order chi connectivity index (χ1) is 15.0. The van der Waals surface area contributed by atoms with Gasteiger partial charge in [-0.2, -0.15) is 4.72 Å². The number of aromatic nitrogens is 1. The summed E-state index contributed by atoms with van der Waals surface area (Å²) in [5.74, 6) is -1.03. The Labute approximate surface area is 186 Å². The van der Waals surface area contributed by atoms with E-state index in [1.807, 2.05) is 6.92 Å². The molecule has 0 radical (unpaired) electrons. The van der Waals surface area contributed by atoms with Gasteiger partial charge in [0.15, 0.2) is 5.76 Å². The molecule has 3 N–H and O–H groups in total. The van der Waals surface area contributed by atoms with E-state index < -0.39 is 27.4 Å². The Morgan fingerprint density at radius 2 is 1.91 bits per heavy atom. The molecular formula is C21H26N4O6S. The van der Waals surface area contributed by atoms with Crippen molar-refractivity contribution < 1.29 is 27.3 Å². The minimum absolute atomic E-state index is 0.0874. The molecular weight excluding hydrogens is 436 g/mol. The van der Waals surface area contributed by atoms with Gasteiger partial charge in [-0.05, 0) is 51.3 Å². The van der Waals surface area contributed by atoms with Crippen LogP contribution in [0.2, 0.25) is 0 Å². The molecule has 1 aromatic carbocycles. The van der Waals surface area contributed by atoms with Gasteiger partial charge >= 0.3 is 0 Å². The second-order valence-electron chi connectivity index (χ2n) is 7.88. The van der Waals surface area contributed by atoms with Crippen molar-refractivity contribution in [3.63, 3.8) is 0 Å². The zero-order chi connectivity index (χ0) is 23.7. The molecule has 0 bridgehead atoms. The van der Waals surface area contributed by atoms with Crippen molar-refractivity contribution in [2.24, 2.45) is 0 Å². The molecule has 1 saturated heterocycles. The first-order valence-electron chi connectivity index (χ1n) is 10.2. The second-order valence-corrected chi connectivity index (χ2v) is 9.53. The van der Waals surface area contributed by atoms with Crippen molar-refractivity contribution in [3.05, 3.63) is 41.3 Å². The van der Waals surface area contributed by atoms with Gasteiger partial charge in [-0.15, -0.1) is 0 Å². The fourth-order valence-corrected chi connectivity index (χ4v) is 5.42. The maximum Gasteiger partial charge on any atom is 0.246 e. The monoisotopic (exact) mass is 462 g/mol. The lowest BCUT2D eigenvalue weighted by Crippen LogP contribution is -2.51. The summed E-state index contributed by atoms with van der Waals surface area (Å²) < 4.78 is 32.4. The van der Waals surface area contributed by atoms with Crippen molar-refractivity contribution >= 4 is 33.4 Å². The molecule has 2 atom stereocenters. The van der Waals surface area contributed by atoms with E-state index in [-0.39, 0.29) is 34.6 Å². The number of nitrogens with one attached hydrogen (secondary N) is 3. The quantitative estimate of drug-likeness (QED) is 0.530. The number of carbonyl (C=O) groups is 3. The van der Waals surface area contributed by atoms with Crippen LogP contribution in [0.5, 0.6) is 0 Å². The summed E-state index contributed by atoms with van der Waals surface area (Å²) in [7, 11) is -4.00. The number of piperidine rings is 1. The molecule has 11 heteroatoms. The molecule has 2 heterocycles. The van der Waals surface area contributed by atoms with Gasteiger partial charge < -0.3 is 9.84 Å². The van der Waals surface area contributed by atoms with Crippen molar-refractivity contribution in [2.75, 3.05) is 5.32 Å².